The number of carboxylic acid groups (broad SMARTS) is 1. The number of aliphatic carboxylic acids is 1. The van der Waals surface area contributed by atoms with Crippen LogP contribution in [0.25, 0.3) is 0 Å². The predicted molar refractivity (Wildman–Crippen MR) is 61.7 cm³/mol. The highest BCUT2D eigenvalue weighted by molar-refractivity contribution is 5.74. The van der Waals surface area contributed by atoms with Gasteiger partial charge in [0, 0.05) is 5.41 Å². The second-order valence-electron chi connectivity index (χ2n) is 5.87. The fraction of sp³-hybridized carbons (Fsp3) is 0.846. The molecule has 1 aliphatic carbocycles. The summed E-state index contributed by atoms with van der Waals surface area (Å²) in [5, 5.41) is 18.4. The van der Waals surface area contributed by atoms with Gasteiger partial charge in [0.1, 0.15) is 5.92 Å². The molecule has 0 bridgehead atoms. The molecule has 16 heavy (non-hydrogen) atoms. The number of hydrogen-bond acceptors (Lipinski definition) is 2. The van der Waals surface area contributed by atoms with Crippen molar-refractivity contribution in [1.82, 2.24) is 0 Å². The lowest BCUT2D eigenvalue weighted by molar-refractivity contribution is -0.149. The molecule has 1 atom stereocenters. The van der Waals surface area contributed by atoms with Gasteiger partial charge in [0.2, 0.25) is 0 Å². The van der Waals surface area contributed by atoms with E-state index in [1.54, 1.807) is 0 Å². The van der Waals surface area contributed by atoms with Crippen LogP contribution >= 0.6 is 0 Å². The first-order valence-electron chi connectivity index (χ1n) is 5.97. The topological polar surface area (TPSA) is 61.1 Å². The van der Waals surface area contributed by atoms with Crippen molar-refractivity contribution in [2.45, 2.75) is 52.9 Å². The second kappa shape index (κ2) is 4.45. The third-order valence-electron chi connectivity index (χ3n) is 4.17. The van der Waals surface area contributed by atoms with Crippen molar-refractivity contribution in [1.29, 1.82) is 5.26 Å². The molecule has 1 aliphatic rings. The number of nitriles is 1. The van der Waals surface area contributed by atoms with E-state index in [9.17, 15) is 9.90 Å². The third-order valence-corrected chi connectivity index (χ3v) is 4.17. The van der Waals surface area contributed by atoms with Gasteiger partial charge in [-0.2, -0.15) is 5.26 Å². The summed E-state index contributed by atoms with van der Waals surface area (Å²) in [6.07, 6.45) is 4.98. The Morgan fingerprint density at radius 3 is 2.12 bits per heavy atom. The number of carboxylic acids is 1. The molecule has 0 radical (unpaired) electrons. The first-order chi connectivity index (χ1) is 7.35. The molecule has 0 spiro atoms. The summed E-state index contributed by atoms with van der Waals surface area (Å²) in [4.78, 5) is 11.3. The average molecular weight is 223 g/mol. The van der Waals surface area contributed by atoms with Crippen molar-refractivity contribution in [3.8, 4) is 6.07 Å². The third kappa shape index (κ3) is 2.07. The van der Waals surface area contributed by atoms with Crippen LogP contribution in [-0.4, -0.2) is 11.1 Å². The molecule has 3 heteroatoms. The van der Waals surface area contributed by atoms with Crippen LogP contribution in [0.2, 0.25) is 0 Å². The highest BCUT2D eigenvalue weighted by Gasteiger charge is 2.51. The number of nitrogens with zero attached hydrogens (tertiary/aromatic N) is 1. The summed E-state index contributed by atoms with van der Waals surface area (Å²) in [6.45, 7) is 6.18. The molecule has 0 amide bonds. The van der Waals surface area contributed by atoms with E-state index in [2.05, 4.69) is 20.8 Å². The number of rotatable bonds is 2. The lowest BCUT2D eigenvalue weighted by atomic mass is 9.54. The van der Waals surface area contributed by atoms with E-state index in [4.69, 9.17) is 5.26 Å². The van der Waals surface area contributed by atoms with Gasteiger partial charge >= 0.3 is 5.97 Å². The van der Waals surface area contributed by atoms with Gasteiger partial charge in [-0.25, -0.2) is 0 Å². The van der Waals surface area contributed by atoms with Gasteiger partial charge in [-0.3, -0.25) is 4.79 Å². The molecule has 90 valence electrons. The molecular weight excluding hydrogens is 202 g/mol. The molecule has 3 nitrogen and oxygen atoms in total. The van der Waals surface area contributed by atoms with Gasteiger partial charge in [0.25, 0.3) is 0 Å². The van der Waals surface area contributed by atoms with Gasteiger partial charge in [0.15, 0.2) is 0 Å². The van der Waals surface area contributed by atoms with Gasteiger partial charge in [-0.1, -0.05) is 40.0 Å². The summed E-state index contributed by atoms with van der Waals surface area (Å²) in [6, 6.07) is 2.02. The van der Waals surface area contributed by atoms with E-state index < -0.39 is 11.9 Å². The molecular formula is C13H21NO2. The van der Waals surface area contributed by atoms with Gasteiger partial charge in [-0.15, -0.1) is 0 Å². The van der Waals surface area contributed by atoms with E-state index in [1.165, 1.54) is 0 Å². The van der Waals surface area contributed by atoms with Gasteiger partial charge in [0.05, 0.1) is 6.07 Å². The van der Waals surface area contributed by atoms with Crippen LogP contribution in [0.4, 0.5) is 0 Å². The minimum atomic E-state index is -0.959. The Morgan fingerprint density at radius 1 is 1.31 bits per heavy atom. The quantitative estimate of drug-likeness (QED) is 0.782. The lowest BCUT2D eigenvalue weighted by Gasteiger charge is -2.49. The van der Waals surface area contributed by atoms with Crippen LogP contribution < -0.4 is 0 Å². The number of hydrogen-bond donors (Lipinski definition) is 1. The molecule has 0 aromatic rings. The summed E-state index contributed by atoms with van der Waals surface area (Å²) >= 11 is 0. The second-order valence-corrected chi connectivity index (χ2v) is 5.87. The minimum absolute atomic E-state index is 0.133. The molecule has 0 aromatic carbocycles. The Hall–Kier alpha value is -1.04. The standard InChI is InChI=1S/C13H21NO2/c1-12(2,3)13(7-5-4-6-8-13)10(9-14)11(15)16/h10H,4-8H2,1-3H3,(H,15,16). The van der Waals surface area contributed by atoms with Crippen molar-refractivity contribution in [2.75, 3.05) is 0 Å². The summed E-state index contributed by atoms with van der Waals surface area (Å²) in [5.74, 6) is -1.83. The van der Waals surface area contributed by atoms with Crippen molar-refractivity contribution in [2.24, 2.45) is 16.7 Å². The molecule has 1 unspecified atom stereocenters. The molecule has 1 rings (SSSR count). The zero-order valence-corrected chi connectivity index (χ0v) is 10.4. The van der Waals surface area contributed by atoms with Crippen LogP contribution in [0.1, 0.15) is 52.9 Å². The van der Waals surface area contributed by atoms with Crippen molar-refractivity contribution >= 4 is 5.97 Å². The van der Waals surface area contributed by atoms with Gasteiger partial charge in [-0.05, 0) is 18.3 Å². The maximum atomic E-state index is 11.3. The van der Waals surface area contributed by atoms with Crippen LogP contribution in [0.5, 0.6) is 0 Å². The molecule has 0 aliphatic heterocycles. The molecule has 1 N–H and O–H groups in total. The zero-order chi connectivity index (χ0) is 12.4. The largest absolute Gasteiger partial charge is 0.480 e. The Morgan fingerprint density at radius 2 is 1.81 bits per heavy atom. The average Bonchev–Trinajstić information content (AvgIpc) is 2.18. The smallest absolute Gasteiger partial charge is 0.321 e. The van der Waals surface area contributed by atoms with Gasteiger partial charge < -0.3 is 5.11 Å². The summed E-state index contributed by atoms with van der Waals surface area (Å²) < 4.78 is 0. The lowest BCUT2D eigenvalue weighted by Crippen LogP contribution is -2.46. The zero-order valence-electron chi connectivity index (χ0n) is 10.4. The normalized spacial score (nSPS) is 22.1. The SMILES string of the molecule is CC(C)(C)C1(C(C#N)C(=O)O)CCCCC1. The Kier molecular flexibility index (Phi) is 3.62. The molecule has 0 aromatic heterocycles. The molecule has 0 heterocycles. The first-order valence-corrected chi connectivity index (χ1v) is 5.97. The predicted octanol–water partition coefficient (Wildman–Crippen LogP) is 3.21. The monoisotopic (exact) mass is 223 g/mol. The van der Waals surface area contributed by atoms with E-state index in [-0.39, 0.29) is 10.8 Å². The maximum absolute atomic E-state index is 11.3. The maximum Gasteiger partial charge on any atom is 0.321 e. The van der Waals surface area contributed by atoms with Crippen LogP contribution in [0.15, 0.2) is 0 Å². The fourth-order valence-electron chi connectivity index (χ4n) is 3.07. The molecule has 1 saturated carbocycles. The summed E-state index contributed by atoms with van der Waals surface area (Å²) in [5.41, 5.74) is -0.488. The van der Waals surface area contributed by atoms with Crippen molar-refractivity contribution < 1.29 is 9.90 Å². The van der Waals surface area contributed by atoms with Crippen LogP contribution in [0, 0.1) is 28.1 Å². The van der Waals surface area contributed by atoms with Crippen LogP contribution in [-0.2, 0) is 4.79 Å². The Labute approximate surface area is 97.5 Å². The molecule has 1 fully saturated rings. The van der Waals surface area contributed by atoms with E-state index in [0.29, 0.717) is 0 Å². The summed E-state index contributed by atoms with van der Waals surface area (Å²) in [7, 11) is 0. The minimum Gasteiger partial charge on any atom is -0.480 e. The van der Waals surface area contributed by atoms with Crippen molar-refractivity contribution in [3.05, 3.63) is 0 Å². The number of carbonyl (C=O) groups is 1. The van der Waals surface area contributed by atoms with E-state index in [1.807, 2.05) is 6.07 Å². The highest BCUT2D eigenvalue weighted by Crippen LogP contribution is 2.54. The van der Waals surface area contributed by atoms with E-state index in [0.717, 1.165) is 32.1 Å². The molecule has 0 saturated heterocycles. The Bertz CT molecular complexity index is 303. The Balaban J connectivity index is 3.13. The fourth-order valence-corrected chi connectivity index (χ4v) is 3.07. The van der Waals surface area contributed by atoms with E-state index >= 15 is 0 Å². The van der Waals surface area contributed by atoms with Crippen LogP contribution in [0.3, 0.4) is 0 Å². The first kappa shape index (κ1) is 13.0. The van der Waals surface area contributed by atoms with Crippen molar-refractivity contribution in [3.63, 3.8) is 0 Å². The highest BCUT2D eigenvalue weighted by atomic mass is 16.4.